The van der Waals surface area contributed by atoms with Crippen molar-refractivity contribution in [3.63, 3.8) is 0 Å². The van der Waals surface area contributed by atoms with Crippen LogP contribution in [0, 0.1) is 0 Å². The van der Waals surface area contributed by atoms with Crippen LogP contribution >= 0.6 is 0 Å². The zero-order valence-corrected chi connectivity index (χ0v) is 6.97. The number of alkyl halides is 1. The van der Waals surface area contributed by atoms with E-state index in [4.69, 9.17) is 0 Å². The fourth-order valence-corrected chi connectivity index (χ4v) is 0.990. The molecule has 1 rings (SSSR count). The van der Waals surface area contributed by atoms with Crippen molar-refractivity contribution in [2.75, 3.05) is 0 Å². The molecule has 0 radical (unpaired) electrons. The molecule has 0 unspecified atom stereocenters. The van der Waals surface area contributed by atoms with Gasteiger partial charge in [0, 0.05) is 0 Å². The highest BCUT2D eigenvalue weighted by atomic mass is 19.1. The molecule has 60 valence electrons. The lowest BCUT2D eigenvalue weighted by atomic mass is 9.96. The zero-order valence-electron chi connectivity index (χ0n) is 6.97. The molecule has 0 aromatic heterocycles. The van der Waals surface area contributed by atoms with Gasteiger partial charge < -0.3 is 0 Å². The van der Waals surface area contributed by atoms with E-state index < -0.39 is 5.67 Å². The van der Waals surface area contributed by atoms with Crippen LogP contribution in [0.5, 0.6) is 0 Å². The average molecular weight is 152 g/mol. The lowest BCUT2D eigenvalue weighted by Crippen LogP contribution is -2.12. The second-order valence-corrected chi connectivity index (χ2v) is 2.92. The Morgan fingerprint density at radius 3 is 2.27 bits per heavy atom. The summed E-state index contributed by atoms with van der Waals surface area (Å²) in [5.41, 5.74) is -0.399. The van der Waals surface area contributed by atoms with E-state index in [1.54, 1.807) is 6.92 Å². The molecular formula is C10H13F. The summed E-state index contributed by atoms with van der Waals surface area (Å²) in [4.78, 5) is 0. The molecule has 0 N–H and O–H groups in total. The van der Waals surface area contributed by atoms with Crippen LogP contribution in [0.1, 0.15) is 25.8 Å². The quantitative estimate of drug-likeness (QED) is 0.610. The topological polar surface area (TPSA) is 0 Å². The molecule has 11 heavy (non-hydrogen) atoms. The first-order valence-electron chi connectivity index (χ1n) is 3.91. The van der Waals surface area contributed by atoms with Gasteiger partial charge in [0.15, 0.2) is 0 Å². The molecule has 1 heteroatoms. The summed E-state index contributed by atoms with van der Waals surface area (Å²) in [6, 6.07) is 9.27. The minimum absolute atomic E-state index is 0.525. The summed E-state index contributed by atoms with van der Waals surface area (Å²) < 4.78 is 13.6. The van der Waals surface area contributed by atoms with Crippen LogP contribution in [0.2, 0.25) is 0 Å². The van der Waals surface area contributed by atoms with E-state index in [-0.39, 0.29) is 0 Å². The summed E-state index contributed by atoms with van der Waals surface area (Å²) >= 11 is 0. The number of hydrogen-bond donors (Lipinski definition) is 0. The zero-order chi connectivity index (χ0) is 8.32. The third-order valence-corrected chi connectivity index (χ3v) is 2.04. The molecule has 0 aliphatic rings. The summed E-state index contributed by atoms with van der Waals surface area (Å²) in [5, 5.41) is 0. The molecule has 1 aromatic carbocycles. The van der Waals surface area contributed by atoms with Crippen LogP contribution in [-0.4, -0.2) is 0 Å². The predicted octanol–water partition coefficient (Wildman–Crippen LogP) is 3.28. The Labute approximate surface area is 67.1 Å². The van der Waals surface area contributed by atoms with Crippen molar-refractivity contribution in [3.8, 4) is 0 Å². The summed E-state index contributed by atoms with van der Waals surface area (Å²) in [6.45, 7) is 3.47. The second-order valence-electron chi connectivity index (χ2n) is 2.92. The van der Waals surface area contributed by atoms with E-state index in [9.17, 15) is 4.39 Å². The third-order valence-electron chi connectivity index (χ3n) is 2.04. The number of hydrogen-bond acceptors (Lipinski definition) is 0. The Balaban J connectivity index is 2.93. The molecule has 0 amide bonds. The maximum Gasteiger partial charge on any atom is 0.133 e. The first-order chi connectivity index (χ1) is 5.17. The first kappa shape index (κ1) is 8.25. The van der Waals surface area contributed by atoms with Gasteiger partial charge in [-0.15, -0.1) is 0 Å². The minimum atomic E-state index is -1.17. The summed E-state index contributed by atoms with van der Waals surface area (Å²) in [7, 11) is 0. The number of benzene rings is 1. The Morgan fingerprint density at radius 1 is 1.27 bits per heavy atom. The van der Waals surface area contributed by atoms with Gasteiger partial charge in [-0.25, -0.2) is 4.39 Å². The maximum absolute atomic E-state index is 13.6. The Morgan fingerprint density at radius 2 is 1.82 bits per heavy atom. The second kappa shape index (κ2) is 3.04. The van der Waals surface area contributed by atoms with E-state index in [1.165, 1.54) is 0 Å². The Bertz CT molecular complexity index is 214. The van der Waals surface area contributed by atoms with E-state index in [1.807, 2.05) is 37.3 Å². The van der Waals surface area contributed by atoms with Crippen LogP contribution in [0.3, 0.4) is 0 Å². The van der Waals surface area contributed by atoms with Gasteiger partial charge in [0.2, 0.25) is 0 Å². The largest absolute Gasteiger partial charge is 0.239 e. The Kier molecular flexibility index (Phi) is 2.28. The van der Waals surface area contributed by atoms with Crippen molar-refractivity contribution in [1.29, 1.82) is 0 Å². The van der Waals surface area contributed by atoms with Crippen LogP contribution < -0.4 is 0 Å². The van der Waals surface area contributed by atoms with Crippen molar-refractivity contribution in [2.24, 2.45) is 0 Å². The normalized spacial score (nSPS) is 15.9. The van der Waals surface area contributed by atoms with Crippen molar-refractivity contribution < 1.29 is 4.39 Å². The maximum atomic E-state index is 13.6. The van der Waals surface area contributed by atoms with E-state index in [2.05, 4.69) is 0 Å². The molecule has 0 aliphatic heterocycles. The molecule has 0 spiro atoms. The lowest BCUT2D eigenvalue weighted by molar-refractivity contribution is 0.185. The van der Waals surface area contributed by atoms with Crippen LogP contribution in [0.25, 0.3) is 0 Å². The molecule has 0 bridgehead atoms. The minimum Gasteiger partial charge on any atom is -0.239 e. The molecule has 0 saturated carbocycles. The third kappa shape index (κ3) is 1.79. The first-order valence-corrected chi connectivity index (χ1v) is 3.91. The van der Waals surface area contributed by atoms with Crippen molar-refractivity contribution >= 4 is 0 Å². The van der Waals surface area contributed by atoms with Crippen molar-refractivity contribution in [2.45, 2.75) is 25.9 Å². The van der Waals surface area contributed by atoms with Gasteiger partial charge in [-0.1, -0.05) is 37.3 Å². The van der Waals surface area contributed by atoms with E-state index >= 15 is 0 Å². The average Bonchev–Trinajstić information content (AvgIpc) is 2.06. The van der Waals surface area contributed by atoms with Crippen molar-refractivity contribution in [3.05, 3.63) is 35.9 Å². The van der Waals surface area contributed by atoms with Gasteiger partial charge >= 0.3 is 0 Å². The smallest absolute Gasteiger partial charge is 0.133 e. The monoisotopic (exact) mass is 152 g/mol. The molecule has 0 saturated heterocycles. The lowest BCUT2D eigenvalue weighted by Gasteiger charge is -2.17. The van der Waals surface area contributed by atoms with Crippen LogP contribution in [-0.2, 0) is 5.67 Å². The highest BCUT2D eigenvalue weighted by Gasteiger charge is 2.21. The van der Waals surface area contributed by atoms with Gasteiger partial charge in [-0.3, -0.25) is 0 Å². The predicted molar refractivity (Wildman–Crippen MR) is 45.2 cm³/mol. The highest BCUT2D eigenvalue weighted by molar-refractivity contribution is 5.21. The fourth-order valence-electron chi connectivity index (χ4n) is 0.990. The molecule has 0 fully saturated rings. The summed E-state index contributed by atoms with van der Waals surface area (Å²) in [6.07, 6.45) is 0.525. The van der Waals surface area contributed by atoms with Gasteiger partial charge in [0.25, 0.3) is 0 Å². The SMILES string of the molecule is CC[C@@](C)(F)c1ccccc1. The van der Waals surface area contributed by atoms with Crippen LogP contribution in [0.15, 0.2) is 30.3 Å². The molecule has 0 heterocycles. The molecular weight excluding hydrogens is 139 g/mol. The van der Waals surface area contributed by atoms with Gasteiger partial charge in [0.1, 0.15) is 5.67 Å². The number of rotatable bonds is 2. The van der Waals surface area contributed by atoms with Crippen LogP contribution in [0.4, 0.5) is 4.39 Å². The fraction of sp³-hybridized carbons (Fsp3) is 0.400. The van der Waals surface area contributed by atoms with Gasteiger partial charge in [0.05, 0.1) is 0 Å². The molecule has 0 aliphatic carbocycles. The molecule has 1 aromatic rings. The highest BCUT2D eigenvalue weighted by Crippen LogP contribution is 2.27. The van der Waals surface area contributed by atoms with E-state index in [0.717, 1.165) is 5.56 Å². The molecule has 1 atom stereocenters. The Hall–Kier alpha value is -0.850. The van der Waals surface area contributed by atoms with E-state index in [0.29, 0.717) is 6.42 Å². The number of halogens is 1. The van der Waals surface area contributed by atoms with Crippen molar-refractivity contribution in [1.82, 2.24) is 0 Å². The van der Waals surface area contributed by atoms with Gasteiger partial charge in [-0.05, 0) is 18.9 Å². The summed E-state index contributed by atoms with van der Waals surface area (Å²) in [5.74, 6) is 0. The standard InChI is InChI=1S/C10H13F/c1-3-10(2,11)9-7-5-4-6-8-9/h4-8H,3H2,1-2H3/t10-/m1/s1. The molecule has 0 nitrogen and oxygen atoms in total. The van der Waals surface area contributed by atoms with Gasteiger partial charge in [-0.2, -0.15) is 0 Å².